The quantitative estimate of drug-likeness (QED) is 0.864. The largest absolute Gasteiger partial charge is 0.378 e. The van der Waals surface area contributed by atoms with Gasteiger partial charge in [-0.1, -0.05) is 6.08 Å². The fraction of sp³-hybridized carbons (Fsp3) is 0.182. The molecule has 0 bridgehead atoms. The number of rotatable bonds is 2. The topological polar surface area (TPSA) is 70.0 Å². The standard InChI is InChI=1S/C11H9FN2O2S/c12-11-5-9(2-1-8(11)6-13)14-10-3-4-17(15,16)7-10/h1-5,10,14H,7H2. The van der Waals surface area contributed by atoms with Crippen LogP contribution in [0, 0.1) is 17.1 Å². The Bertz CT molecular complexity index is 617. The van der Waals surface area contributed by atoms with Crippen LogP contribution in [0.15, 0.2) is 29.7 Å². The van der Waals surface area contributed by atoms with Crippen molar-refractivity contribution in [2.45, 2.75) is 6.04 Å². The highest BCUT2D eigenvalue weighted by atomic mass is 32.2. The molecule has 0 radical (unpaired) electrons. The lowest BCUT2D eigenvalue weighted by Crippen LogP contribution is -2.20. The second-order valence-corrected chi connectivity index (χ2v) is 5.65. The second kappa shape index (κ2) is 4.18. The molecule has 1 unspecified atom stereocenters. The van der Waals surface area contributed by atoms with Gasteiger partial charge in [-0.05, 0) is 18.2 Å². The van der Waals surface area contributed by atoms with Crippen LogP contribution in [-0.2, 0) is 9.84 Å². The van der Waals surface area contributed by atoms with Crippen molar-refractivity contribution >= 4 is 15.5 Å². The highest BCUT2D eigenvalue weighted by molar-refractivity contribution is 7.94. The predicted molar refractivity (Wildman–Crippen MR) is 61.5 cm³/mol. The number of nitrogens with zero attached hydrogens (tertiary/aromatic N) is 1. The molecule has 1 aromatic carbocycles. The molecule has 1 aromatic rings. The molecule has 0 aromatic heterocycles. The van der Waals surface area contributed by atoms with E-state index >= 15 is 0 Å². The summed E-state index contributed by atoms with van der Waals surface area (Å²) in [6.45, 7) is 0. The Hall–Kier alpha value is -1.87. The maximum absolute atomic E-state index is 13.3. The normalized spacial score (nSPS) is 21.1. The summed E-state index contributed by atoms with van der Waals surface area (Å²) in [6.07, 6.45) is 1.52. The van der Waals surface area contributed by atoms with Gasteiger partial charge in [-0.3, -0.25) is 0 Å². The molecule has 0 amide bonds. The first-order chi connectivity index (χ1) is 8.00. The minimum absolute atomic E-state index is 0.0331. The second-order valence-electron chi connectivity index (χ2n) is 3.72. The molecule has 0 fully saturated rings. The van der Waals surface area contributed by atoms with Gasteiger partial charge in [-0.25, -0.2) is 12.8 Å². The van der Waals surface area contributed by atoms with E-state index in [1.54, 1.807) is 12.1 Å². The third-order valence-corrected chi connectivity index (χ3v) is 3.77. The van der Waals surface area contributed by atoms with E-state index in [1.165, 1.54) is 18.2 Å². The molecule has 2 rings (SSSR count). The number of hydrogen-bond donors (Lipinski definition) is 1. The molecule has 1 aliphatic heterocycles. The van der Waals surface area contributed by atoms with E-state index in [9.17, 15) is 12.8 Å². The monoisotopic (exact) mass is 252 g/mol. The summed E-state index contributed by atoms with van der Waals surface area (Å²) in [5.74, 6) is -0.656. The molecule has 4 nitrogen and oxygen atoms in total. The third kappa shape index (κ3) is 2.63. The Morgan fingerprint density at radius 2 is 2.24 bits per heavy atom. The molecule has 17 heavy (non-hydrogen) atoms. The summed E-state index contributed by atoms with van der Waals surface area (Å²) in [4.78, 5) is 0. The molecule has 1 heterocycles. The molecule has 1 N–H and O–H groups in total. The van der Waals surface area contributed by atoms with Gasteiger partial charge in [-0.2, -0.15) is 5.26 Å². The number of nitriles is 1. The molecule has 0 saturated heterocycles. The molecule has 88 valence electrons. The van der Waals surface area contributed by atoms with E-state index < -0.39 is 15.7 Å². The number of nitrogens with one attached hydrogen (secondary N) is 1. The Kier molecular flexibility index (Phi) is 2.86. The number of hydrogen-bond acceptors (Lipinski definition) is 4. The average Bonchev–Trinajstić information content (AvgIpc) is 2.58. The van der Waals surface area contributed by atoms with Gasteiger partial charge in [-0.15, -0.1) is 0 Å². The van der Waals surface area contributed by atoms with Crippen molar-refractivity contribution in [2.24, 2.45) is 0 Å². The summed E-state index contributed by atoms with van der Waals surface area (Å²) < 4.78 is 35.6. The van der Waals surface area contributed by atoms with Gasteiger partial charge in [0, 0.05) is 11.1 Å². The van der Waals surface area contributed by atoms with Crippen LogP contribution in [0.25, 0.3) is 0 Å². The average molecular weight is 252 g/mol. The molecule has 1 atom stereocenters. The lowest BCUT2D eigenvalue weighted by Gasteiger charge is -2.11. The van der Waals surface area contributed by atoms with Gasteiger partial charge in [0.1, 0.15) is 11.9 Å². The van der Waals surface area contributed by atoms with E-state index in [0.29, 0.717) is 5.69 Å². The zero-order valence-electron chi connectivity index (χ0n) is 8.72. The van der Waals surface area contributed by atoms with Gasteiger partial charge < -0.3 is 5.32 Å². The van der Waals surface area contributed by atoms with Crippen LogP contribution in [0.1, 0.15) is 5.56 Å². The molecular weight excluding hydrogens is 243 g/mol. The fourth-order valence-electron chi connectivity index (χ4n) is 1.58. The van der Waals surface area contributed by atoms with Crippen LogP contribution < -0.4 is 5.32 Å². The lowest BCUT2D eigenvalue weighted by molar-refractivity contribution is 0.605. The summed E-state index contributed by atoms with van der Waals surface area (Å²) in [6, 6.07) is 5.43. The van der Waals surface area contributed by atoms with Crippen LogP contribution in [-0.4, -0.2) is 20.2 Å². The Labute approximate surface area is 98.3 Å². The van der Waals surface area contributed by atoms with Gasteiger partial charge in [0.15, 0.2) is 9.84 Å². The molecular formula is C11H9FN2O2S. The number of halogens is 1. The first-order valence-corrected chi connectivity index (χ1v) is 6.59. The van der Waals surface area contributed by atoms with Gasteiger partial charge in [0.2, 0.25) is 0 Å². The zero-order chi connectivity index (χ0) is 12.5. The minimum atomic E-state index is -3.13. The number of benzene rings is 1. The van der Waals surface area contributed by atoms with Crippen LogP contribution in [0.2, 0.25) is 0 Å². The van der Waals surface area contributed by atoms with E-state index in [1.807, 2.05) is 0 Å². The van der Waals surface area contributed by atoms with E-state index in [0.717, 1.165) is 5.41 Å². The highest BCUT2D eigenvalue weighted by Crippen LogP contribution is 2.18. The van der Waals surface area contributed by atoms with Crippen molar-refractivity contribution in [1.29, 1.82) is 5.26 Å². The van der Waals surface area contributed by atoms with Crippen LogP contribution >= 0.6 is 0 Å². The summed E-state index contributed by atoms with van der Waals surface area (Å²) in [5, 5.41) is 12.6. The maximum atomic E-state index is 13.3. The van der Waals surface area contributed by atoms with Crippen LogP contribution in [0.5, 0.6) is 0 Å². The van der Waals surface area contributed by atoms with Crippen molar-refractivity contribution in [3.05, 3.63) is 41.1 Å². The molecule has 0 spiro atoms. The van der Waals surface area contributed by atoms with Crippen molar-refractivity contribution in [3.8, 4) is 6.07 Å². The first kappa shape index (κ1) is 11.6. The zero-order valence-corrected chi connectivity index (χ0v) is 9.54. The van der Waals surface area contributed by atoms with Gasteiger partial charge >= 0.3 is 0 Å². The Morgan fingerprint density at radius 1 is 1.47 bits per heavy atom. The van der Waals surface area contributed by atoms with E-state index in [-0.39, 0.29) is 17.4 Å². The SMILES string of the molecule is N#Cc1ccc(NC2C=CS(=O)(=O)C2)cc1F. The Balaban J connectivity index is 2.14. The molecule has 0 aliphatic carbocycles. The fourth-order valence-corrected chi connectivity index (χ4v) is 2.81. The highest BCUT2D eigenvalue weighted by Gasteiger charge is 2.21. The first-order valence-electron chi connectivity index (χ1n) is 4.87. The van der Waals surface area contributed by atoms with Gasteiger partial charge in [0.05, 0.1) is 17.4 Å². The van der Waals surface area contributed by atoms with Crippen molar-refractivity contribution in [3.63, 3.8) is 0 Å². The maximum Gasteiger partial charge on any atom is 0.173 e. The van der Waals surface area contributed by atoms with Gasteiger partial charge in [0.25, 0.3) is 0 Å². The Morgan fingerprint density at radius 3 is 2.76 bits per heavy atom. The third-order valence-electron chi connectivity index (χ3n) is 2.37. The summed E-state index contributed by atoms with van der Waals surface area (Å²) >= 11 is 0. The number of sulfone groups is 1. The summed E-state index contributed by atoms with van der Waals surface area (Å²) in [7, 11) is -3.13. The predicted octanol–water partition coefficient (Wildman–Crippen LogP) is 1.42. The van der Waals surface area contributed by atoms with Crippen LogP contribution in [0.3, 0.4) is 0 Å². The molecule has 6 heteroatoms. The van der Waals surface area contributed by atoms with Crippen molar-refractivity contribution in [2.75, 3.05) is 11.1 Å². The summed E-state index contributed by atoms with van der Waals surface area (Å²) in [5.41, 5.74) is 0.415. The van der Waals surface area contributed by atoms with E-state index in [4.69, 9.17) is 5.26 Å². The van der Waals surface area contributed by atoms with Crippen molar-refractivity contribution in [1.82, 2.24) is 0 Å². The van der Waals surface area contributed by atoms with E-state index in [2.05, 4.69) is 5.32 Å². The number of anilines is 1. The van der Waals surface area contributed by atoms with Crippen molar-refractivity contribution < 1.29 is 12.8 Å². The molecule has 1 aliphatic rings. The van der Waals surface area contributed by atoms with Crippen LogP contribution in [0.4, 0.5) is 10.1 Å². The minimum Gasteiger partial charge on any atom is -0.378 e. The lowest BCUT2D eigenvalue weighted by atomic mass is 10.2. The molecule has 0 saturated carbocycles. The smallest absolute Gasteiger partial charge is 0.173 e.